The van der Waals surface area contributed by atoms with Crippen molar-refractivity contribution in [3.63, 3.8) is 0 Å². The van der Waals surface area contributed by atoms with E-state index in [2.05, 4.69) is 0 Å². The number of sulfone groups is 2. The lowest BCUT2D eigenvalue weighted by atomic mass is 10.1. The zero-order chi connectivity index (χ0) is 22.9. The van der Waals surface area contributed by atoms with Crippen LogP contribution >= 0.6 is 0 Å². The van der Waals surface area contributed by atoms with Crippen LogP contribution in [0.5, 0.6) is 5.75 Å². The summed E-state index contributed by atoms with van der Waals surface area (Å²) in [7, 11) is -6.69. The predicted molar refractivity (Wildman–Crippen MR) is 117 cm³/mol. The molecule has 0 saturated carbocycles. The van der Waals surface area contributed by atoms with Crippen molar-refractivity contribution in [2.45, 2.75) is 21.6 Å². The first-order chi connectivity index (χ1) is 15.3. The fourth-order valence-electron chi connectivity index (χ4n) is 3.73. The van der Waals surface area contributed by atoms with E-state index in [9.17, 15) is 21.6 Å². The first kappa shape index (κ1) is 22.0. The fraction of sp³-hybridized carbons (Fsp3) is 0.174. The van der Waals surface area contributed by atoms with Gasteiger partial charge in [0, 0.05) is 5.56 Å². The summed E-state index contributed by atoms with van der Waals surface area (Å²) in [5.41, 5.74) is 0.700. The second-order valence-corrected chi connectivity index (χ2v) is 11.4. The SMILES string of the molecule is COc1c(C(=O)OCc2ccccc2)ccc2c1C(S(=O)(=O)c1ccccc1)CS2(=O)=O. The number of hydrogen-bond acceptors (Lipinski definition) is 7. The molecule has 32 heavy (non-hydrogen) atoms. The maximum Gasteiger partial charge on any atom is 0.342 e. The minimum absolute atomic E-state index is 0.00392. The van der Waals surface area contributed by atoms with Gasteiger partial charge in [-0.15, -0.1) is 0 Å². The van der Waals surface area contributed by atoms with E-state index in [0.717, 1.165) is 5.56 Å². The van der Waals surface area contributed by atoms with E-state index >= 15 is 0 Å². The second-order valence-electron chi connectivity index (χ2n) is 7.25. The van der Waals surface area contributed by atoms with Crippen molar-refractivity contribution in [1.82, 2.24) is 0 Å². The molecule has 3 aromatic carbocycles. The molecule has 1 heterocycles. The van der Waals surface area contributed by atoms with Crippen LogP contribution in [-0.4, -0.2) is 35.7 Å². The van der Waals surface area contributed by atoms with Crippen LogP contribution in [0.3, 0.4) is 0 Å². The van der Waals surface area contributed by atoms with E-state index < -0.39 is 36.6 Å². The Morgan fingerprint density at radius 1 is 0.969 bits per heavy atom. The number of esters is 1. The summed E-state index contributed by atoms with van der Waals surface area (Å²) in [6.45, 7) is 0.00392. The number of rotatable bonds is 6. The molecule has 4 rings (SSSR count). The average molecular weight is 473 g/mol. The van der Waals surface area contributed by atoms with Gasteiger partial charge < -0.3 is 9.47 Å². The Bertz CT molecular complexity index is 1360. The summed E-state index contributed by atoms with van der Waals surface area (Å²) in [5, 5.41) is -1.40. The Balaban J connectivity index is 1.78. The molecule has 7 nitrogen and oxygen atoms in total. The van der Waals surface area contributed by atoms with Gasteiger partial charge in [0.25, 0.3) is 0 Å². The third-order valence-electron chi connectivity index (χ3n) is 5.27. The van der Waals surface area contributed by atoms with Gasteiger partial charge >= 0.3 is 5.97 Å². The van der Waals surface area contributed by atoms with Gasteiger partial charge in [-0.2, -0.15) is 0 Å². The molecule has 1 atom stereocenters. The molecular formula is C23H20O7S2. The molecule has 0 spiro atoms. The largest absolute Gasteiger partial charge is 0.495 e. The molecule has 0 fully saturated rings. The van der Waals surface area contributed by atoms with E-state index in [1.807, 2.05) is 18.2 Å². The summed E-state index contributed by atoms with van der Waals surface area (Å²) in [4.78, 5) is 12.6. The van der Waals surface area contributed by atoms with Crippen LogP contribution in [0.4, 0.5) is 0 Å². The predicted octanol–water partition coefficient (Wildman–Crippen LogP) is 3.35. The molecule has 3 aromatic rings. The highest BCUT2D eigenvalue weighted by atomic mass is 32.2. The van der Waals surface area contributed by atoms with Crippen molar-refractivity contribution in [3.8, 4) is 5.75 Å². The van der Waals surface area contributed by atoms with Crippen LogP contribution in [0.2, 0.25) is 0 Å². The number of methoxy groups -OCH3 is 1. The fourth-order valence-corrected chi connectivity index (χ4v) is 8.06. The van der Waals surface area contributed by atoms with Crippen molar-refractivity contribution < 1.29 is 31.1 Å². The van der Waals surface area contributed by atoms with Gasteiger partial charge in [0.2, 0.25) is 0 Å². The molecule has 0 aromatic heterocycles. The summed E-state index contributed by atoms with van der Waals surface area (Å²) in [6.07, 6.45) is 0. The number of hydrogen-bond donors (Lipinski definition) is 0. The zero-order valence-electron chi connectivity index (χ0n) is 17.1. The van der Waals surface area contributed by atoms with Crippen LogP contribution < -0.4 is 4.74 Å². The third-order valence-corrected chi connectivity index (χ3v) is 9.36. The normalized spacial score (nSPS) is 16.8. The quantitative estimate of drug-likeness (QED) is 0.507. The molecule has 0 bridgehead atoms. The lowest BCUT2D eigenvalue weighted by molar-refractivity contribution is 0.0468. The highest BCUT2D eigenvalue weighted by molar-refractivity contribution is 7.96. The zero-order valence-corrected chi connectivity index (χ0v) is 18.7. The lowest BCUT2D eigenvalue weighted by Crippen LogP contribution is -2.17. The lowest BCUT2D eigenvalue weighted by Gasteiger charge is -2.17. The minimum atomic E-state index is -4.06. The summed E-state index contributed by atoms with van der Waals surface area (Å²) >= 11 is 0. The molecule has 0 amide bonds. The molecule has 1 aliphatic heterocycles. The summed E-state index contributed by atoms with van der Waals surface area (Å²) < 4.78 is 62.9. The Morgan fingerprint density at radius 2 is 1.59 bits per heavy atom. The molecule has 9 heteroatoms. The van der Waals surface area contributed by atoms with E-state index in [1.165, 1.54) is 31.4 Å². The Morgan fingerprint density at radius 3 is 2.22 bits per heavy atom. The Hall–Kier alpha value is -3.17. The van der Waals surface area contributed by atoms with Gasteiger partial charge in [0.15, 0.2) is 19.7 Å². The Labute approximate surface area is 186 Å². The highest BCUT2D eigenvalue weighted by Gasteiger charge is 2.46. The maximum absolute atomic E-state index is 13.3. The topological polar surface area (TPSA) is 104 Å². The van der Waals surface area contributed by atoms with Crippen molar-refractivity contribution in [3.05, 3.63) is 89.5 Å². The molecule has 1 unspecified atom stereocenters. The van der Waals surface area contributed by atoms with Crippen LogP contribution in [0.25, 0.3) is 0 Å². The number of carbonyl (C=O) groups excluding carboxylic acids is 1. The standard InChI is InChI=1S/C23H20O7S2/c1-29-22-18(23(24)30-14-16-8-4-2-5-9-16)12-13-19-21(22)20(15-31(19,25)26)32(27,28)17-10-6-3-7-11-17/h2-13,20H,14-15H2,1H3. The van der Waals surface area contributed by atoms with Crippen molar-refractivity contribution in [1.29, 1.82) is 0 Å². The minimum Gasteiger partial charge on any atom is -0.495 e. The highest BCUT2D eigenvalue weighted by Crippen LogP contribution is 2.47. The average Bonchev–Trinajstić information content (AvgIpc) is 3.09. The Kier molecular flexibility index (Phi) is 5.79. The third kappa shape index (κ3) is 3.89. The molecule has 0 radical (unpaired) electrons. The van der Waals surface area contributed by atoms with Gasteiger partial charge in [-0.25, -0.2) is 21.6 Å². The van der Waals surface area contributed by atoms with E-state index in [4.69, 9.17) is 9.47 Å². The number of fused-ring (bicyclic) bond motifs is 1. The van der Waals surface area contributed by atoms with Crippen LogP contribution in [0, 0.1) is 0 Å². The second kappa shape index (κ2) is 8.40. The van der Waals surface area contributed by atoms with E-state index in [0.29, 0.717) is 0 Å². The van der Waals surface area contributed by atoms with Gasteiger partial charge in [0.1, 0.15) is 23.2 Å². The summed E-state index contributed by atoms with van der Waals surface area (Å²) in [5.74, 6) is -1.47. The van der Waals surface area contributed by atoms with Gasteiger partial charge in [0.05, 0.1) is 22.7 Å². The van der Waals surface area contributed by atoms with Crippen molar-refractivity contribution >= 4 is 25.6 Å². The van der Waals surface area contributed by atoms with E-state index in [-0.39, 0.29) is 33.3 Å². The molecule has 1 aliphatic rings. The molecule has 166 valence electrons. The van der Waals surface area contributed by atoms with Gasteiger partial charge in [-0.05, 0) is 29.8 Å². The van der Waals surface area contributed by atoms with Crippen molar-refractivity contribution in [2.24, 2.45) is 0 Å². The van der Waals surface area contributed by atoms with Gasteiger partial charge in [-0.3, -0.25) is 0 Å². The van der Waals surface area contributed by atoms with E-state index in [1.54, 1.807) is 30.3 Å². The maximum atomic E-state index is 13.3. The smallest absolute Gasteiger partial charge is 0.342 e. The number of benzene rings is 3. The first-order valence-electron chi connectivity index (χ1n) is 9.69. The van der Waals surface area contributed by atoms with Crippen molar-refractivity contribution in [2.75, 3.05) is 12.9 Å². The van der Waals surface area contributed by atoms with Crippen LogP contribution in [-0.2, 0) is 31.0 Å². The monoisotopic (exact) mass is 472 g/mol. The number of carbonyl (C=O) groups is 1. The number of ether oxygens (including phenoxy) is 2. The van der Waals surface area contributed by atoms with Crippen LogP contribution in [0.1, 0.15) is 26.7 Å². The molecule has 0 saturated heterocycles. The van der Waals surface area contributed by atoms with Gasteiger partial charge in [-0.1, -0.05) is 48.5 Å². The molecule has 0 aliphatic carbocycles. The molecular weight excluding hydrogens is 452 g/mol. The molecule has 0 N–H and O–H groups in total. The van der Waals surface area contributed by atoms with Crippen LogP contribution in [0.15, 0.2) is 82.6 Å². The first-order valence-corrected chi connectivity index (χ1v) is 12.9. The summed E-state index contributed by atoms with van der Waals surface area (Å²) in [6, 6.07) is 19.2.